The summed E-state index contributed by atoms with van der Waals surface area (Å²) >= 11 is 3.57. The van der Waals surface area contributed by atoms with E-state index in [-0.39, 0.29) is 0 Å². The van der Waals surface area contributed by atoms with Crippen molar-refractivity contribution in [1.29, 1.82) is 0 Å². The van der Waals surface area contributed by atoms with Gasteiger partial charge in [0.05, 0.1) is 0 Å². The van der Waals surface area contributed by atoms with E-state index < -0.39 is 0 Å². The summed E-state index contributed by atoms with van der Waals surface area (Å²) in [5.74, 6) is 0. The first-order valence-corrected chi connectivity index (χ1v) is 6.86. The molecule has 14 heavy (non-hydrogen) atoms. The van der Waals surface area contributed by atoms with Crippen molar-refractivity contribution in [3.8, 4) is 0 Å². The Morgan fingerprint density at radius 3 is 2.64 bits per heavy atom. The van der Waals surface area contributed by atoms with Crippen molar-refractivity contribution < 1.29 is 0 Å². The third kappa shape index (κ3) is 2.80. The Morgan fingerprint density at radius 2 is 2.07 bits per heavy atom. The highest BCUT2D eigenvalue weighted by Gasteiger charge is 2.03. The van der Waals surface area contributed by atoms with Crippen LogP contribution in [-0.2, 0) is 0 Å². The van der Waals surface area contributed by atoms with Crippen molar-refractivity contribution in [3.05, 3.63) is 29.8 Å². The maximum absolute atomic E-state index is 5.44. The summed E-state index contributed by atoms with van der Waals surface area (Å²) in [4.78, 5) is 2.67. The summed E-state index contributed by atoms with van der Waals surface area (Å²) in [5, 5.41) is 0. The Bertz CT molecular complexity index is 321. The lowest BCUT2D eigenvalue weighted by atomic mass is 10.2. The van der Waals surface area contributed by atoms with E-state index in [4.69, 9.17) is 5.73 Å². The van der Waals surface area contributed by atoms with Crippen molar-refractivity contribution in [2.45, 2.75) is 9.79 Å². The van der Waals surface area contributed by atoms with Crippen LogP contribution in [0.1, 0.15) is 5.56 Å². The Hall–Kier alpha value is -0.380. The Labute approximate surface area is 94.2 Å². The molecule has 1 rings (SSSR count). The van der Waals surface area contributed by atoms with Crippen LogP contribution in [0.2, 0.25) is 0 Å². The zero-order valence-electron chi connectivity index (χ0n) is 8.49. The molecule has 0 heterocycles. The van der Waals surface area contributed by atoms with Crippen LogP contribution in [0.5, 0.6) is 0 Å². The van der Waals surface area contributed by atoms with Gasteiger partial charge in [0.25, 0.3) is 0 Å². The second-order valence-corrected chi connectivity index (χ2v) is 4.39. The fraction of sp³-hybridized carbons (Fsp3) is 0.273. The molecule has 0 aliphatic rings. The summed E-state index contributed by atoms with van der Waals surface area (Å²) in [6.07, 6.45) is 8.28. The molecule has 1 nitrogen and oxygen atoms in total. The van der Waals surface area contributed by atoms with Gasteiger partial charge in [-0.25, -0.2) is 0 Å². The first-order chi connectivity index (χ1) is 6.83. The van der Waals surface area contributed by atoms with Gasteiger partial charge in [0.1, 0.15) is 0 Å². The Morgan fingerprint density at radius 1 is 1.29 bits per heavy atom. The molecule has 0 fully saturated rings. The molecule has 2 N–H and O–H groups in total. The number of thioether (sulfide) groups is 2. The smallest absolute Gasteiger partial charge is 0.0277 e. The molecule has 0 bridgehead atoms. The highest BCUT2D eigenvalue weighted by Crippen LogP contribution is 2.31. The molecule has 0 saturated heterocycles. The van der Waals surface area contributed by atoms with Gasteiger partial charge in [-0.3, -0.25) is 0 Å². The molecule has 1 aromatic carbocycles. The zero-order chi connectivity index (χ0) is 10.4. The summed E-state index contributed by atoms with van der Waals surface area (Å²) in [5.41, 5.74) is 6.70. The molecule has 1 aromatic rings. The minimum atomic E-state index is 0.595. The normalized spacial score (nSPS) is 11.1. The first-order valence-electron chi connectivity index (χ1n) is 4.41. The van der Waals surface area contributed by atoms with Crippen molar-refractivity contribution in [2.75, 3.05) is 19.1 Å². The summed E-state index contributed by atoms with van der Waals surface area (Å²) in [6, 6.07) is 6.36. The molecule has 0 radical (unpaired) electrons. The topological polar surface area (TPSA) is 26.0 Å². The van der Waals surface area contributed by atoms with E-state index in [9.17, 15) is 0 Å². The third-order valence-corrected chi connectivity index (χ3v) is 3.64. The highest BCUT2D eigenvalue weighted by atomic mass is 32.2. The minimum Gasteiger partial charge on any atom is -0.327 e. The van der Waals surface area contributed by atoms with Crippen LogP contribution in [0.15, 0.2) is 34.1 Å². The SMILES string of the molecule is CSc1cccc(/C=C/CN)c1SC. The van der Waals surface area contributed by atoms with Crippen molar-refractivity contribution in [2.24, 2.45) is 5.73 Å². The maximum Gasteiger partial charge on any atom is 0.0277 e. The van der Waals surface area contributed by atoms with Crippen molar-refractivity contribution >= 4 is 29.6 Å². The van der Waals surface area contributed by atoms with Crippen LogP contribution in [0, 0.1) is 0 Å². The predicted octanol–water partition coefficient (Wildman–Crippen LogP) is 3.10. The quantitative estimate of drug-likeness (QED) is 0.797. The molecule has 0 unspecified atom stereocenters. The summed E-state index contributed by atoms with van der Waals surface area (Å²) in [6.45, 7) is 0.595. The lowest BCUT2D eigenvalue weighted by Gasteiger charge is -2.07. The first kappa shape index (κ1) is 11.7. The number of rotatable bonds is 4. The lowest BCUT2D eigenvalue weighted by molar-refractivity contribution is 1.22. The third-order valence-electron chi connectivity index (χ3n) is 1.87. The van der Waals surface area contributed by atoms with E-state index >= 15 is 0 Å². The second-order valence-electron chi connectivity index (χ2n) is 2.72. The average Bonchev–Trinajstić information content (AvgIpc) is 2.25. The summed E-state index contributed by atoms with van der Waals surface area (Å²) < 4.78 is 0. The van der Waals surface area contributed by atoms with Gasteiger partial charge >= 0.3 is 0 Å². The van der Waals surface area contributed by atoms with Gasteiger partial charge in [0.15, 0.2) is 0 Å². The highest BCUT2D eigenvalue weighted by molar-refractivity contribution is 8.01. The van der Waals surface area contributed by atoms with Crippen LogP contribution in [0.3, 0.4) is 0 Å². The molecule has 76 valence electrons. The van der Waals surface area contributed by atoms with Crippen LogP contribution in [0.4, 0.5) is 0 Å². The van der Waals surface area contributed by atoms with Crippen LogP contribution in [0.25, 0.3) is 6.08 Å². The maximum atomic E-state index is 5.44. The van der Waals surface area contributed by atoms with E-state index in [0.29, 0.717) is 6.54 Å². The van der Waals surface area contributed by atoms with Crippen molar-refractivity contribution in [3.63, 3.8) is 0 Å². The fourth-order valence-electron chi connectivity index (χ4n) is 1.24. The van der Waals surface area contributed by atoms with Gasteiger partial charge in [0, 0.05) is 16.3 Å². The Balaban J connectivity index is 3.08. The van der Waals surface area contributed by atoms with Gasteiger partial charge in [-0.15, -0.1) is 23.5 Å². The van der Waals surface area contributed by atoms with E-state index in [0.717, 1.165) is 0 Å². The minimum absolute atomic E-state index is 0.595. The molecule has 0 aliphatic carbocycles. The molecule has 0 aromatic heterocycles. The van der Waals surface area contributed by atoms with Gasteiger partial charge in [-0.05, 0) is 24.1 Å². The van der Waals surface area contributed by atoms with Gasteiger partial charge in [-0.1, -0.05) is 24.3 Å². The number of benzene rings is 1. The molecule has 0 aliphatic heterocycles. The molecule has 0 spiro atoms. The van der Waals surface area contributed by atoms with Crippen LogP contribution in [-0.4, -0.2) is 19.1 Å². The Kier molecular flexibility index (Phi) is 5.15. The standard InChI is InChI=1S/C11H15NS2/c1-13-10-7-3-5-9(6-4-8-12)11(10)14-2/h3-7H,8,12H2,1-2H3/b6-4+. The van der Waals surface area contributed by atoms with Crippen molar-refractivity contribution in [1.82, 2.24) is 0 Å². The zero-order valence-corrected chi connectivity index (χ0v) is 10.1. The number of nitrogens with two attached hydrogens (primary N) is 1. The second kappa shape index (κ2) is 6.17. The number of hydrogen-bond acceptors (Lipinski definition) is 3. The van der Waals surface area contributed by atoms with Crippen LogP contribution < -0.4 is 5.73 Å². The van der Waals surface area contributed by atoms with E-state index in [1.54, 1.807) is 23.5 Å². The molecule has 3 heteroatoms. The number of hydrogen-bond donors (Lipinski definition) is 1. The summed E-state index contributed by atoms with van der Waals surface area (Å²) in [7, 11) is 0. The molecule has 0 atom stereocenters. The predicted molar refractivity (Wildman–Crippen MR) is 68.1 cm³/mol. The average molecular weight is 225 g/mol. The van der Waals surface area contributed by atoms with E-state index in [1.165, 1.54) is 15.4 Å². The largest absolute Gasteiger partial charge is 0.327 e. The molecule has 0 amide bonds. The monoisotopic (exact) mass is 225 g/mol. The fourth-order valence-corrected chi connectivity index (χ4v) is 2.90. The molecule has 0 saturated carbocycles. The van der Waals surface area contributed by atoms with Gasteiger partial charge in [0.2, 0.25) is 0 Å². The van der Waals surface area contributed by atoms with E-state index in [1.807, 2.05) is 6.08 Å². The lowest BCUT2D eigenvalue weighted by Crippen LogP contribution is -1.92. The van der Waals surface area contributed by atoms with E-state index in [2.05, 4.69) is 36.8 Å². The molecular formula is C11H15NS2. The van der Waals surface area contributed by atoms with Gasteiger partial charge < -0.3 is 5.73 Å². The van der Waals surface area contributed by atoms with Gasteiger partial charge in [-0.2, -0.15) is 0 Å². The molecular weight excluding hydrogens is 210 g/mol. The van der Waals surface area contributed by atoms with Crippen LogP contribution >= 0.6 is 23.5 Å².